The van der Waals surface area contributed by atoms with Crippen LogP contribution >= 0.6 is 11.3 Å². The third-order valence-electron chi connectivity index (χ3n) is 4.60. The summed E-state index contributed by atoms with van der Waals surface area (Å²) in [7, 11) is 0. The van der Waals surface area contributed by atoms with Crippen molar-refractivity contribution in [3.63, 3.8) is 0 Å². The molecule has 31 heavy (non-hydrogen) atoms. The van der Waals surface area contributed by atoms with Gasteiger partial charge in [0.2, 0.25) is 5.91 Å². The van der Waals surface area contributed by atoms with E-state index in [4.69, 9.17) is 0 Å². The van der Waals surface area contributed by atoms with Crippen LogP contribution < -0.4 is 16.0 Å². The van der Waals surface area contributed by atoms with Crippen molar-refractivity contribution >= 4 is 34.7 Å². The summed E-state index contributed by atoms with van der Waals surface area (Å²) in [6, 6.07) is 14.1. The third kappa shape index (κ3) is 6.75. The minimum Gasteiger partial charge on any atom is -0.351 e. The summed E-state index contributed by atoms with van der Waals surface area (Å²) in [5.74, 6) is -0.393. The monoisotopic (exact) mass is 436 g/mol. The zero-order valence-corrected chi connectivity index (χ0v) is 17.9. The summed E-state index contributed by atoms with van der Waals surface area (Å²) in [5, 5.41) is 10.4. The van der Waals surface area contributed by atoms with Crippen molar-refractivity contribution in [1.82, 2.24) is 15.6 Å². The average molecular weight is 437 g/mol. The second kappa shape index (κ2) is 11.0. The molecule has 1 atom stereocenters. The number of hydrogen-bond acceptors (Lipinski definition) is 5. The van der Waals surface area contributed by atoms with Gasteiger partial charge in [-0.2, -0.15) is 0 Å². The third-order valence-corrected chi connectivity index (χ3v) is 5.47. The quantitative estimate of drug-likeness (QED) is 0.444. The predicted molar refractivity (Wildman–Crippen MR) is 121 cm³/mol. The maximum Gasteiger partial charge on any atom is 0.261 e. The number of nitrogens with zero attached hydrogens (tertiary/aromatic N) is 1. The minimum absolute atomic E-state index is 0.0760. The number of benzene rings is 1. The Morgan fingerprint density at radius 2 is 1.74 bits per heavy atom. The molecule has 2 aromatic heterocycles. The molecular weight excluding hydrogens is 412 g/mol. The molecule has 2 heterocycles. The lowest BCUT2D eigenvalue weighted by Crippen LogP contribution is -2.28. The molecule has 160 valence electrons. The Labute approximate surface area is 184 Å². The molecule has 8 heteroatoms. The predicted octanol–water partition coefficient (Wildman–Crippen LogP) is 3.78. The van der Waals surface area contributed by atoms with E-state index in [0.717, 1.165) is 5.56 Å². The van der Waals surface area contributed by atoms with Gasteiger partial charge in [-0.3, -0.25) is 19.4 Å². The molecule has 1 aromatic carbocycles. The molecule has 0 radical (unpaired) electrons. The minimum atomic E-state index is -0.206. The van der Waals surface area contributed by atoms with E-state index in [2.05, 4.69) is 20.9 Å². The van der Waals surface area contributed by atoms with Gasteiger partial charge in [-0.1, -0.05) is 18.2 Å². The van der Waals surface area contributed by atoms with Crippen molar-refractivity contribution in [3.8, 4) is 0 Å². The summed E-state index contributed by atoms with van der Waals surface area (Å²) in [5.41, 5.74) is 2.14. The Hall–Kier alpha value is -3.52. The van der Waals surface area contributed by atoms with Crippen molar-refractivity contribution in [3.05, 3.63) is 82.3 Å². The van der Waals surface area contributed by atoms with Gasteiger partial charge in [0.05, 0.1) is 10.9 Å². The maximum atomic E-state index is 12.2. The molecular formula is C23H24N4O3S. The topological polar surface area (TPSA) is 100 Å². The van der Waals surface area contributed by atoms with Crippen molar-refractivity contribution in [2.45, 2.75) is 25.8 Å². The Balaban J connectivity index is 1.40. The zero-order valence-electron chi connectivity index (χ0n) is 17.1. The zero-order chi connectivity index (χ0) is 22.1. The summed E-state index contributed by atoms with van der Waals surface area (Å²) >= 11 is 1.39. The lowest BCUT2D eigenvalue weighted by atomic mass is 10.1. The van der Waals surface area contributed by atoms with Gasteiger partial charge in [-0.25, -0.2) is 0 Å². The van der Waals surface area contributed by atoms with Crippen LogP contribution in [0.3, 0.4) is 0 Å². The number of carbonyl (C=O) groups is 3. The molecule has 0 fully saturated rings. The molecule has 0 aliphatic carbocycles. The molecule has 1 unspecified atom stereocenters. The van der Waals surface area contributed by atoms with Gasteiger partial charge < -0.3 is 16.0 Å². The van der Waals surface area contributed by atoms with Gasteiger partial charge in [-0.05, 0) is 54.6 Å². The summed E-state index contributed by atoms with van der Waals surface area (Å²) in [4.78, 5) is 40.8. The highest BCUT2D eigenvalue weighted by atomic mass is 32.1. The number of carbonyl (C=O) groups excluding carboxylic acids is 3. The number of anilines is 1. The van der Waals surface area contributed by atoms with Crippen LogP contribution in [0.4, 0.5) is 5.69 Å². The molecule has 0 bridgehead atoms. The van der Waals surface area contributed by atoms with Crippen LogP contribution in [0.15, 0.2) is 66.3 Å². The Morgan fingerprint density at radius 3 is 2.42 bits per heavy atom. The van der Waals surface area contributed by atoms with Crippen molar-refractivity contribution in [1.29, 1.82) is 0 Å². The lowest BCUT2D eigenvalue weighted by Gasteiger charge is -2.15. The van der Waals surface area contributed by atoms with Gasteiger partial charge in [0, 0.05) is 36.6 Å². The van der Waals surface area contributed by atoms with E-state index < -0.39 is 0 Å². The van der Waals surface area contributed by atoms with Gasteiger partial charge in [0.25, 0.3) is 11.8 Å². The molecule has 3 amide bonds. The maximum absolute atomic E-state index is 12.2. The van der Waals surface area contributed by atoms with E-state index in [1.165, 1.54) is 11.3 Å². The molecule has 0 aliphatic rings. The molecule has 0 saturated carbocycles. The highest BCUT2D eigenvalue weighted by molar-refractivity contribution is 7.12. The van der Waals surface area contributed by atoms with Crippen LogP contribution in [0.25, 0.3) is 0 Å². The van der Waals surface area contributed by atoms with Crippen LogP contribution in [-0.2, 0) is 4.79 Å². The molecule has 3 rings (SSSR count). The number of aromatic nitrogens is 1. The van der Waals surface area contributed by atoms with Crippen molar-refractivity contribution < 1.29 is 14.4 Å². The number of pyridine rings is 1. The van der Waals surface area contributed by atoms with Crippen LogP contribution in [-0.4, -0.2) is 29.3 Å². The van der Waals surface area contributed by atoms with E-state index in [9.17, 15) is 14.4 Å². The van der Waals surface area contributed by atoms with Gasteiger partial charge in [-0.15, -0.1) is 11.3 Å². The Morgan fingerprint density at radius 1 is 1.00 bits per heavy atom. The van der Waals surface area contributed by atoms with Gasteiger partial charge >= 0.3 is 0 Å². The van der Waals surface area contributed by atoms with Crippen LogP contribution in [0.1, 0.15) is 51.4 Å². The van der Waals surface area contributed by atoms with E-state index in [1.807, 2.05) is 30.5 Å². The number of thiophene rings is 1. The van der Waals surface area contributed by atoms with Crippen LogP contribution in [0, 0.1) is 0 Å². The fourth-order valence-corrected chi connectivity index (χ4v) is 3.54. The molecule has 7 nitrogen and oxygen atoms in total. The largest absolute Gasteiger partial charge is 0.351 e. The van der Waals surface area contributed by atoms with E-state index in [1.54, 1.807) is 42.7 Å². The van der Waals surface area contributed by atoms with Gasteiger partial charge in [0.1, 0.15) is 0 Å². The van der Waals surface area contributed by atoms with Gasteiger partial charge in [0.15, 0.2) is 0 Å². The highest BCUT2D eigenvalue weighted by Gasteiger charge is 2.11. The Kier molecular flexibility index (Phi) is 7.89. The first-order valence-corrected chi connectivity index (χ1v) is 10.8. The normalized spacial score (nSPS) is 11.4. The number of nitrogens with one attached hydrogen (secondary N) is 3. The molecule has 0 aliphatic heterocycles. The average Bonchev–Trinajstić information content (AvgIpc) is 3.33. The van der Waals surface area contributed by atoms with E-state index in [-0.39, 0.29) is 23.8 Å². The molecule has 3 aromatic rings. The van der Waals surface area contributed by atoms with Crippen LogP contribution in [0.5, 0.6) is 0 Å². The molecule has 3 N–H and O–H groups in total. The first-order chi connectivity index (χ1) is 15.0. The second-order valence-electron chi connectivity index (χ2n) is 6.94. The van der Waals surface area contributed by atoms with Crippen LogP contribution in [0.2, 0.25) is 0 Å². The number of hydrogen-bond donors (Lipinski definition) is 3. The first kappa shape index (κ1) is 22.2. The van der Waals surface area contributed by atoms with E-state index >= 15 is 0 Å². The number of amides is 3. The fraction of sp³-hybridized carbons (Fsp3) is 0.217. The van der Waals surface area contributed by atoms with Crippen molar-refractivity contribution in [2.24, 2.45) is 0 Å². The smallest absolute Gasteiger partial charge is 0.261 e. The SMILES string of the molecule is CC(NC(=O)CCCNC(=O)c1cccs1)c1ccc(NC(=O)c2ccncc2)cc1. The van der Waals surface area contributed by atoms with Crippen molar-refractivity contribution in [2.75, 3.05) is 11.9 Å². The Bertz CT molecular complexity index is 1010. The summed E-state index contributed by atoms with van der Waals surface area (Å²) in [6.07, 6.45) is 4.03. The summed E-state index contributed by atoms with van der Waals surface area (Å²) < 4.78 is 0. The summed E-state index contributed by atoms with van der Waals surface area (Å²) in [6.45, 7) is 2.35. The molecule has 0 saturated heterocycles. The van der Waals surface area contributed by atoms with E-state index in [0.29, 0.717) is 35.5 Å². The lowest BCUT2D eigenvalue weighted by molar-refractivity contribution is -0.121. The first-order valence-electron chi connectivity index (χ1n) is 9.95. The standard InChI is InChI=1S/C23H24N4O3S/c1-16(26-21(28)5-2-12-25-23(30)20-4-3-15-31-20)17-6-8-19(9-7-17)27-22(29)18-10-13-24-14-11-18/h3-4,6-11,13-16H,2,5,12H2,1H3,(H,25,30)(H,26,28)(H,27,29). The molecule has 0 spiro atoms. The number of rotatable bonds is 9. The second-order valence-corrected chi connectivity index (χ2v) is 7.89. The fourth-order valence-electron chi connectivity index (χ4n) is 2.90. The highest BCUT2D eigenvalue weighted by Crippen LogP contribution is 2.17.